The van der Waals surface area contributed by atoms with Gasteiger partial charge >= 0.3 is 0 Å². The van der Waals surface area contributed by atoms with Crippen LogP contribution in [0.2, 0.25) is 10.0 Å². The van der Waals surface area contributed by atoms with Crippen molar-refractivity contribution in [3.8, 4) is 0 Å². The number of piperidine rings is 1. The van der Waals surface area contributed by atoms with E-state index in [1.54, 1.807) is 12.1 Å². The van der Waals surface area contributed by atoms with Crippen LogP contribution in [0.4, 0.5) is 0 Å². The molecule has 6 heteroatoms. The fourth-order valence-corrected chi connectivity index (χ4v) is 4.49. The quantitative estimate of drug-likeness (QED) is 0.821. The minimum Gasteiger partial charge on any atom is -0.349 e. The number of carbonyl (C=O) groups is 1. The van der Waals surface area contributed by atoms with Crippen LogP contribution in [0, 0.1) is 0 Å². The van der Waals surface area contributed by atoms with Crippen molar-refractivity contribution in [3.63, 3.8) is 0 Å². The van der Waals surface area contributed by atoms with E-state index in [0.29, 0.717) is 27.7 Å². The van der Waals surface area contributed by atoms with Crippen molar-refractivity contribution in [3.05, 3.63) is 27.7 Å². The van der Waals surface area contributed by atoms with Crippen LogP contribution in [0.5, 0.6) is 0 Å². The van der Waals surface area contributed by atoms with Crippen LogP contribution in [0.1, 0.15) is 36.0 Å². The lowest BCUT2D eigenvalue weighted by Gasteiger charge is -2.29. The minimum atomic E-state index is -0.0988. The molecule has 0 radical (unpaired) electrons. The lowest BCUT2D eigenvalue weighted by molar-refractivity contribution is 0.0924. The molecule has 1 aromatic rings. The van der Waals surface area contributed by atoms with Crippen molar-refractivity contribution in [1.29, 1.82) is 0 Å². The normalized spacial score (nSPS) is 27.7. The highest BCUT2D eigenvalue weighted by atomic mass is 35.5. The SMILES string of the molecule is CSc1cc(C(=O)NC2CC3CCC(C2)N3)c(Cl)cc1Cl. The first-order valence-corrected chi connectivity index (χ1v) is 9.15. The number of nitrogens with one attached hydrogen (secondary N) is 2. The lowest BCUT2D eigenvalue weighted by Crippen LogP contribution is -2.48. The zero-order valence-corrected chi connectivity index (χ0v) is 14.1. The summed E-state index contributed by atoms with van der Waals surface area (Å²) in [5, 5.41) is 7.70. The van der Waals surface area contributed by atoms with Gasteiger partial charge in [0.25, 0.3) is 5.91 Å². The van der Waals surface area contributed by atoms with Crippen LogP contribution in [-0.4, -0.2) is 30.3 Å². The summed E-state index contributed by atoms with van der Waals surface area (Å²) in [6, 6.07) is 4.77. The molecule has 0 aromatic heterocycles. The topological polar surface area (TPSA) is 41.1 Å². The van der Waals surface area contributed by atoms with E-state index in [1.165, 1.54) is 24.6 Å². The van der Waals surface area contributed by atoms with E-state index in [0.717, 1.165) is 17.7 Å². The number of benzene rings is 1. The van der Waals surface area contributed by atoms with Gasteiger partial charge in [-0.05, 0) is 44.1 Å². The smallest absolute Gasteiger partial charge is 0.253 e. The van der Waals surface area contributed by atoms with Gasteiger partial charge in [-0.1, -0.05) is 23.2 Å². The van der Waals surface area contributed by atoms with E-state index in [-0.39, 0.29) is 11.9 Å². The molecule has 2 aliphatic rings. The molecule has 0 saturated carbocycles. The molecule has 1 amide bonds. The van der Waals surface area contributed by atoms with E-state index in [9.17, 15) is 4.79 Å². The average molecular weight is 345 g/mol. The predicted molar refractivity (Wildman–Crippen MR) is 88.7 cm³/mol. The summed E-state index contributed by atoms with van der Waals surface area (Å²) in [7, 11) is 0. The van der Waals surface area contributed by atoms with Gasteiger partial charge in [-0.25, -0.2) is 0 Å². The Labute approximate surface area is 139 Å². The zero-order chi connectivity index (χ0) is 15.0. The van der Waals surface area contributed by atoms with Crippen LogP contribution in [0.3, 0.4) is 0 Å². The van der Waals surface area contributed by atoms with Crippen molar-refractivity contribution in [2.24, 2.45) is 0 Å². The van der Waals surface area contributed by atoms with Gasteiger partial charge in [-0.2, -0.15) is 0 Å². The van der Waals surface area contributed by atoms with Crippen molar-refractivity contribution < 1.29 is 4.79 Å². The van der Waals surface area contributed by atoms with E-state index < -0.39 is 0 Å². The number of hydrogen-bond acceptors (Lipinski definition) is 3. The Kier molecular flexibility index (Phi) is 4.69. The van der Waals surface area contributed by atoms with Crippen LogP contribution < -0.4 is 10.6 Å². The van der Waals surface area contributed by atoms with Gasteiger partial charge in [0.1, 0.15) is 0 Å². The zero-order valence-electron chi connectivity index (χ0n) is 11.8. The van der Waals surface area contributed by atoms with Gasteiger partial charge in [0.2, 0.25) is 0 Å². The van der Waals surface area contributed by atoms with Gasteiger partial charge in [0.15, 0.2) is 0 Å². The first kappa shape index (κ1) is 15.5. The number of rotatable bonds is 3. The highest BCUT2D eigenvalue weighted by molar-refractivity contribution is 7.98. The van der Waals surface area contributed by atoms with E-state index in [4.69, 9.17) is 23.2 Å². The van der Waals surface area contributed by atoms with Crippen LogP contribution in [0.25, 0.3) is 0 Å². The maximum absolute atomic E-state index is 12.5. The van der Waals surface area contributed by atoms with Gasteiger partial charge in [0.05, 0.1) is 15.6 Å². The summed E-state index contributed by atoms with van der Waals surface area (Å²) in [6.45, 7) is 0. The standard InChI is InChI=1S/C15H18Cl2N2OS/c1-21-14-6-11(12(16)7-13(14)17)15(20)19-10-4-8-2-3-9(5-10)18-8/h6-10,18H,2-5H2,1H3,(H,19,20). The Bertz CT molecular complexity index is 555. The first-order valence-electron chi connectivity index (χ1n) is 7.16. The highest BCUT2D eigenvalue weighted by Gasteiger charge is 2.34. The Hall–Kier alpha value is -0.420. The third-order valence-corrected chi connectivity index (χ3v) is 5.81. The van der Waals surface area contributed by atoms with Gasteiger partial charge in [-0.3, -0.25) is 4.79 Å². The number of carbonyl (C=O) groups excluding carboxylic acids is 1. The molecule has 3 rings (SSSR count). The van der Waals surface area contributed by atoms with Gasteiger partial charge in [-0.15, -0.1) is 11.8 Å². The Morgan fingerprint density at radius 1 is 1.24 bits per heavy atom. The fraction of sp³-hybridized carbons (Fsp3) is 0.533. The molecule has 114 valence electrons. The molecular weight excluding hydrogens is 327 g/mol. The van der Waals surface area contributed by atoms with Crippen LogP contribution >= 0.6 is 35.0 Å². The number of thioether (sulfide) groups is 1. The first-order chi connectivity index (χ1) is 10.1. The Balaban J connectivity index is 1.73. The Morgan fingerprint density at radius 3 is 2.52 bits per heavy atom. The van der Waals surface area contributed by atoms with Gasteiger partial charge in [0, 0.05) is 23.0 Å². The van der Waals surface area contributed by atoms with Crippen LogP contribution in [0.15, 0.2) is 17.0 Å². The Morgan fingerprint density at radius 2 is 1.90 bits per heavy atom. The van der Waals surface area contributed by atoms with Crippen LogP contribution in [-0.2, 0) is 0 Å². The number of halogens is 2. The third kappa shape index (κ3) is 3.34. The summed E-state index contributed by atoms with van der Waals surface area (Å²) in [5.41, 5.74) is 0.510. The average Bonchev–Trinajstić information content (AvgIpc) is 2.78. The molecule has 1 aromatic carbocycles. The summed E-state index contributed by atoms with van der Waals surface area (Å²) in [4.78, 5) is 13.4. The molecule has 2 unspecified atom stereocenters. The number of amides is 1. The maximum Gasteiger partial charge on any atom is 0.253 e. The lowest BCUT2D eigenvalue weighted by atomic mass is 9.99. The monoisotopic (exact) mass is 344 g/mol. The van der Waals surface area contributed by atoms with Gasteiger partial charge < -0.3 is 10.6 Å². The molecule has 0 aliphatic carbocycles. The molecule has 2 saturated heterocycles. The number of hydrogen-bond donors (Lipinski definition) is 2. The summed E-state index contributed by atoms with van der Waals surface area (Å²) < 4.78 is 0. The second-order valence-electron chi connectivity index (χ2n) is 5.75. The van der Waals surface area contributed by atoms with Crippen molar-refractivity contribution in [2.45, 2.75) is 48.7 Å². The highest BCUT2D eigenvalue weighted by Crippen LogP contribution is 2.32. The molecule has 2 N–H and O–H groups in total. The van der Waals surface area contributed by atoms with Crippen molar-refractivity contribution in [1.82, 2.24) is 10.6 Å². The van der Waals surface area contributed by atoms with E-state index in [2.05, 4.69) is 10.6 Å². The third-order valence-electron chi connectivity index (χ3n) is 4.29. The second-order valence-corrected chi connectivity index (χ2v) is 7.41. The number of fused-ring (bicyclic) bond motifs is 2. The molecular formula is C15H18Cl2N2OS. The summed E-state index contributed by atoms with van der Waals surface area (Å²) >= 11 is 13.8. The molecule has 2 fully saturated rings. The minimum absolute atomic E-state index is 0.0988. The molecule has 3 nitrogen and oxygen atoms in total. The molecule has 21 heavy (non-hydrogen) atoms. The fourth-order valence-electron chi connectivity index (χ4n) is 3.30. The van der Waals surface area contributed by atoms with Crippen molar-refractivity contribution >= 4 is 40.9 Å². The summed E-state index contributed by atoms with van der Waals surface area (Å²) in [6.07, 6.45) is 6.37. The maximum atomic E-state index is 12.5. The predicted octanol–water partition coefficient (Wildman–Crippen LogP) is 3.73. The molecule has 2 heterocycles. The summed E-state index contributed by atoms with van der Waals surface area (Å²) in [5.74, 6) is -0.0988. The molecule has 2 atom stereocenters. The van der Waals surface area contributed by atoms with E-state index in [1.807, 2.05) is 6.26 Å². The molecule has 0 spiro atoms. The van der Waals surface area contributed by atoms with Crippen molar-refractivity contribution in [2.75, 3.05) is 6.26 Å². The molecule has 2 aliphatic heterocycles. The second kappa shape index (κ2) is 6.37. The largest absolute Gasteiger partial charge is 0.349 e. The van der Waals surface area contributed by atoms with E-state index >= 15 is 0 Å². The molecule has 2 bridgehead atoms.